The predicted octanol–water partition coefficient (Wildman–Crippen LogP) is 2.27. The van der Waals surface area contributed by atoms with Crippen LogP contribution in [0.1, 0.15) is 27.0 Å². The maximum absolute atomic E-state index is 12.2. The highest BCUT2D eigenvalue weighted by Gasteiger charge is 2.16. The van der Waals surface area contributed by atoms with Crippen molar-refractivity contribution in [2.75, 3.05) is 26.5 Å². The second-order valence-corrected chi connectivity index (χ2v) is 6.62. The first-order valence-electron chi connectivity index (χ1n) is 9.10. The summed E-state index contributed by atoms with van der Waals surface area (Å²) in [6.45, 7) is 6.64. The first kappa shape index (κ1) is 19.5. The van der Waals surface area contributed by atoms with Crippen molar-refractivity contribution in [2.24, 2.45) is 0 Å². The number of ether oxygens (including phenoxy) is 3. The molecule has 2 aromatic carbocycles. The van der Waals surface area contributed by atoms with Crippen molar-refractivity contribution >= 4 is 11.8 Å². The van der Waals surface area contributed by atoms with Crippen molar-refractivity contribution in [3.63, 3.8) is 0 Å². The van der Waals surface area contributed by atoms with Crippen LogP contribution in [0.4, 0.5) is 0 Å². The topological polar surface area (TPSA) is 85.9 Å². The number of carbonyl (C=O) groups is 2. The number of amides is 2. The third-order valence-corrected chi connectivity index (χ3v) is 4.59. The van der Waals surface area contributed by atoms with Crippen LogP contribution in [0, 0.1) is 20.8 Å². The molecular formula is C21H24N2O5. The van der Waals surface area contributed by atoms with Crippen LogP contribution in [0.3, 0.4) is 0 Å². The van der Waals surface area contributed by atoms with Gasteiger partial charge in [-0.25, -0.2) is 0 Å². The standard InChI is InChI=1S/C21H24N2O5/c1-13-4-5-14(2)20(15(13)3)26-11-19(24)22-8-9-23-21(25)16-6-7-17-18(10-16)28-12-27-17/h4-7,10H,8-9,11-12H2,1-3H3,(H,22,24)(H,23,25). The molecule has 0 radical (unpaired) electrons. The molecule has 2 aromatic rings. The lowest BCUT2D eigenvalue weighted by Crippen LogP contribution is -2.36. The number of hydrogen-bond donors (Lipinski definition) is 2. The van der Waals surface area contributed by atoms with Crippen LogP contribution in [0.5, 0.6) is 17.2 Å². The zero-order chi connectivity index (χ0) is 20.1. The van der Waals surface area contributed by atoms with Gasteiger partial charge in [-0.1, -0.05) is 12.1 Å². The molecule has 3 rings (SSSR count). The van der Waals surface area contributed by atoms with E-state index < -0.39 is 0 Å². The Bertz CT molecular complexity index is 895. The Balaban J connectivity index is 1.40. The van der Waals surface area contributed by atoms with E-state index in [1.165, 1.54) is 0 Å². The zero-order valence-corrected chi connectivity index (χ0v) is 16.3. The highest BCUT2D eigenvalue weighted by molar-refractivity contribution is 5.95. The van der Waals surface area contributed by atoms with Crippen LogP contribution in [0.25, 0.3) is 0 Å². The summed E-state index contributed by atoms with van der Waals surface area (Å²) in [5.41, 5.74) is 3.62. The molecule has 0 spiro atoms. The van der Waals surface area contributed by atoms with Crippen LogP contribution in [-0.2, 0) is 4.79 Å². The van der Waals surface area contributed by atoms with E-state index in [0.717, 1.165) is 22.4 Å². The summed E-state index contributed by atoms with van der Waals surface area (Å²) in [5.74, 6) is 1.45. The molecule has 1 aliphatic heterocycles. The molecule has 0 saturated heterocycles. The van der Waals surface area contributed by atoms with Crippen LogP contribution >= 0.6 is 0 Å². The monoisotopic (exact) mass is 384 g/mol. The Kier molecular flexibility index (Phi) is 6.03. The SMILES string of the molecule is Cc1ccc(C)c(OCC(=O)NCCNC(=O)c2ccc3c(c2)OCO3)c1C. The Morgan fingerprint density at radius 2 is 1.68 bits per heavy atom. The van der Waals surface area contributed by atoms with Gasteiger partial charge in [-0.05, 0) is 55.7 Å². The Hall–Kier alpha value is -3.22. The van der Waals surface area contributed by atoms with Gasteiger partial charge < -0.3 is 24.8 Å². The predicted molar refractivity (Wildman–Crippen MR) is 104 cm³/mol. The van der Waals surface area contributed by atoms with E-state index in [-0.39, 0.29) is 25.2 Å². The minimum atomic E-state index is -0.241. The molecule has 0 aliphatic carbocycles. The number of fused-ring (bicyclic) bond motifs is 1. The van der Waals surface area contributed by atoms with E-state index >= 15 is 0 Å². The van der Waals surface area contributed by atoms with Crippen molar-refractivity contribution in [1.29, 1.82) is 0 Å². The van der Waals surface area contributed by atoms with Gasteiger partial charge in [-0.15, -0.1) is 0 Å². The van der Waals surface area contributed by atoms with Crippen LogP contribution in [0.2, 0.25) is 0 Å². The van der Waals surface area contributed by atoms with Gasteiger partial charge >= 0.3 is 0 Å². The lowest BCUT2D eigenvalue weighted by atomic mass is 10.1. The summed E-state index contributed by atoms with van der Waals surface area (Å²) in [7, 11) is 0. The number of aryl methyl sites for hydroxylation is 2. The second-order valence-electron chi connectivity index (χ2n) is 6.62. The molecule has 148 valence electrons. The lowest BCUT2D eigenvalue weighted by molar-refractivity contribution is -0.123. The van der Waals surface area contributed by atoms with E-state index in [1.54, 1.807) is 18.2 Å². The Morgan fingerprint density at radius 1 is 0.964 bits per heavy atom. The molecule has 0 unspecified atom stereocenters. The fourth-order valence-corrected chi connectivity index (χ4v) is 2.85. The smallest absolute Gasteiger partial charge is 0.258 e. The first-order valence-corrected chi connectivity index (χ1v) is 9.10. The molecule has 2 N–H and O–H groups in total. The summed E-state index contributed by atoms with van der Waals surface area (Å²) in [4.78, 5) is 24.1. The van der Waals surface area contributed by atoms with Crippen LogP contribution in [-0.4, -0.2) is 38.3 Å². The average Bonchev–Trinajstić information content (AvgIpc) is 3.16. The van der Waals surface area contributed by atoms with E-state index in [4.69, 9.17) is 14.2 Å². The fraction of sp³-hybridized carbons (Fsp3) is 0.333. The highest BCUT2D eigenvalue weighted by Crippen LogP contribution is 2.32. The van der Waals surface area contributed by atoms with Gasteiger partial charge in [0.15, 0.2) is 18.1 Å². The van der Waals surface area contributed by atoms with E-state index in [0.29, 0.717) is 30.2 Å². The number of hydrogen-bond acceptors (Lipinski definition) is 5. The maximum atomic E-state index is 12.2. The highest BCUT2D eigenvalue weighted by atomic mass is 16.7. The third kappa shape index (κ3) is 4.54. The molecular weight excluding hydrogens is 360 g/mol. The summed E-state index contributed by atoms with van der Waals surface area (Å²) >= 11 is 0. The normalized spacial score (nSPS) is 11.8. The molecule has 0 fully saturated rings. The fourth-order valence-electron chi connectivity index (χ4n) is 2.85. The van der Waals surface area contributed by atoms with Gasteiger partial charge in [-0.3, -0.25) is 9.59 Å². The van der Waals surface area contributed by atoms with Crippen LogP contribution < -0.4 is 24.8 Å². The molecule has 7 heteroatoms. The van der Waals surface area contributed by atoms with Crippen molar-refractivity contribution < 1.29 is 23.8 Å². The summed E-state index contributed by atoms with van der Waals surface area (Å²) < 4.78 is 16.2. The van der Waals surface area contributed by atoms with Crippen molar-refractivity contribution in [3.05, 3.63) is 52.6 Å². The lowest BCUT2D eigenvalue weighted by Gasteiger charge is -2.14. The third-order valence-electron chi connectivity index (χ3n) is 4.59. The largest absolute Gasteiger partial charge is 0.483 e. The molecule has 28 heavy (non-hydrogen) atoms. The van der Waals surface area contributed by atoms with Crippen molar-refractivity contribution in [2.45, 2.75) is 20.8 Å². The first-order chi connectivity index (χ1) is 13.5. The Morgan fingerprint density at radius 3 is 2.50 bits per heavy atom. The van der Waals surface area contributed by atoms with Gasteiger partial charge in [0, 0.05) is 18.7 Å². The maximum Gasteiger partial charge on any atom is 0.258 e. The molecule has 7 nitrogen and oxygen atoms in total. The van der Waals surface area contributed by atoms with Gasteiger partial charge in [0.1, 0.15) is 5.75 Å². The molecule has 0 aromatic heterocycles. The van der Waals surface area contributed by atoms with E-state index in [1.807, 2.05) is 32.9 Å². The van der Waals surface area contributed by atoms with Gasteiger partial charge in [0.25, 0.3) is 11.8 Å². The van der Waals surface area contributed by atoms with E-state index in [2.05, 4.69) is 10.6 Å². The molecule has 0 saturated carbocycles. The van der Waals surface area contributed by atoms with Crippen molar-refractivity contribution in [3.8, 4) is 17.2 Å². The number of rotatable bonds is 7. The molecule has 0 atom stereocenters. The molecule has 0 bridgehead atoms. The summed E-state index contributed by atoms with van der Waals surface area (Å²) in [6.07, 6.45) is 0. The van der Waals surface area contributed by atoms with Gasteiger partial charge in [0.2, 0.25) is 6.79 Å². The van der Waals surface area contributed by atoms with Crippen molar-refractivity contribution in [1.82, 2.24) is 10.6 Å². The number of nitrogens with one attached hydrogen (secondary N) is 2. The minimum absolute atomic E-state index is 0.0682. The molecule has 2 amide bonds. The summed E-state index contributed by atoms with van der Waals surface area (Å²) in [6, 6.07) is 9.01. The summed E-state index contributed by atoms with van der Waals surface area (Å²) in [5, 5.41) is 5.49. The van der Waals surface area contributed by atoms with Gasteiger partial charge in [-0.2, -0.15) is 0 Å². The zero-order valence-electron chi connectivity index (χ0n) is 16.3. The molecule has 1 heterocycles. The second kappa shape index (κ2) is 8.65. The van der Waals surface area contributed by atoms with E-state index in [9.17, 15) is 9.59 Å². The molecule has 1 aliphatic rings. The van der Waals surface area contributed by atoms with Crippen LogP contribution in [0.15, 0.2) is 30.3 Å². The minimum Gasteiger partial charge on any atom is -0.483 e. The van der Waals surface area contributed by atoms with Gasteiger partial charge in [0.05, 0.1) is 0 Å². The average molecular weight is 384 g/mol. The quantitative estimate of drug-likeness (QED) is 0.716. The number of carbonyl (C=O) groups excluding carboxylic acids is 2. The Labute approximate surface area is 164 Å². The number of benzene rings is 2.